The van der Waals surface area contributed by atoms with E-state index in [1.807, 2.05) is 6.07 Å². The first-order chi connectivity index (χ1) is 6.74. The minimum Gasteiger partial charge on any atom is -0.496 e. The Morgan fingerprint density at radius 1 is 1.21 bits per heavy atom. The van der Waals surface area contributed by atoms with Crippen molar-refractivity contribution in [1.29, 1.82) is 0 Å². The third-order valence-corrected chi connectivity index (χ3v) is 2.41. The number of hydrogen-bond donors (Lipinski definition) is 1. The van der Waals surface area contributed by atoms with E-state index in [-0.39, 0.29) is 0 Å². The van der Waals surface area contributed by atoms with Crippen LogP contribution in [0.15, 0.2) is 12.1 Å². The highest BCUT2D eigenvalue weighted by Gasteiger charge is 2.11. The molecule has 0 atom stereocenters. The van der Waals surface area contributed by atoms with E-state index in [0.717, 1.165) is 11.3 Å². The summed E-state index contributed by atoms with van der Waals surface area (Å²) in [6, 6.07) is 3.61. The number of benzene rings is 1. The van der Waals surface area contributed by atoms with E-state index in [1.54, 1.807) is 20.3 Å². The molecule has 0 aromatic heterocycles. The second-order valence-electron chi connectivity index (χ2n) is 2.80. The zero-order valence-corrected chi connectivity index (χ0v) is 9.10. The van der Waals surface area contributed by atoms with Crippen LogP contribution in [-0.4, -0.2) is 20.8 Å². The smallest absolute Gasteiger partial charge is 0.138 e. The van der Waals surface area contributed by atoms with E-state index in [9.17, 15) is 0 Å². The van der Waals surface area contributed by atoms with Crippen molar-refractivity contribution in [3.8, 4) is 11.5 Å². The van der Waals surface area contributed by atoms with Crippen molar-refractivity contribution >= 4 is 11.6 Å². The van der Waals surface area contributed by atoms with Gasteiger partial charge in [-0.3, -0.25) is 0 Å². The maximum atomic E-state index is 6.11. The third kappa shape index (κ3) is 2.11. The maximum absolute atomic E-state index is 6.11. The fraction of sp³-hybridized carbons (Fsp3) is 0.400. The lowest BCUT2D eigenvalue weighted by Gasteiger charge is -2.12. The summed E-state index contributed by atoms with van der Waals surface area (Å²) in [4.78, 5) is 0. The van der Waals surface area contributed by atoms with Gasteiger partial charge in [0.2, 0.25) is 0 Å². The van der Waals surface area contributed by atoms with Crippen LogP contribution in [0.1, 0.15) is 5.56 Å². The van der Waals surface area contributed by atoms with E-state index in [2.05, 4.69) is 0 Å². The topological polar surface area (TPSA) is 44.5 Å². The monoisotopic (exact) mass is 215 g/mol. The highest BCUT2D eigenvalue weighted by atomic mass is 35.5. The fourth-order valence-corrected chi connectivity index (χ4v) is 1.64. The van der Waals surface area contributed by atoms with Crippen molar-refractivity contribution in [1.82, 2.24) is 0 Å². The van der Waals surface area contributed by atoms with Gasteiger partial charge >= 0.3 is 0 Å². The summed E-state index contributed by atoms with van der Waals surface area (Å²) in [6.07, 6.45) is 0.680. The van der Waals surface area contributed by atoms with Crippen molar-refractivity contribution in [2.24, 2.45) is 5.73 Å². The molecule has 0 unspecified atom stereocenters. The standard InChI is InChI=1S/C10H14ClNO2/c1-13-8-3-4-9(14-2)10(11)7(8)5-6-12/h3-4H,5-6,12H2,1-2H3. The number of rotatable bonds is 4. The van der Waals surface area contributed by atoms with Gasteiger partial charge in [-0.15, -0.1) is 0 Å². The van der Waals surface area contributed by atoms with Gasteiger partial charge in [-0.1, -0.05) is 11.6 Å². The molecule has 0 aliphatic heterocycles. The number of ether oxygens (including phenoxy) is 2. The molecule has 0 spiro atoms. The Bertz CT molecular complexity index is 315. The van der Waals surface area contributed by atoms with Gasteiger partial charge in [0.1, 0.15) is 11.5 Å². The van der Waals surface area contributed by atoms with Crippen molar-refractivity contribution < 1.29 is 9.47 Å². The number of nitrogens with two attached hydrogens (primary N) is 1. The zero-order chi connectivity index (χ0) is 10.6. The Hall–Kier alpha value is -0.930. The van der Waals surface area contributed by atoms with Crippen molar-refractivity contribution in [2.45, 2.75) is 6.42 Å². The zero-order valence-electron chi connectivity index (χ0n) is 8.34. The first-order valence-electron chi connectivity index (χ1n) is 4.34. The Labute approximate surface area is 88.8 Å². The molecule has 0 aliphatic rings. The molecule has 0 bridgehead atoms. The summed E-state index contributed by atoms with van der Waals surface area (Å²) in [5.74, 6) is 1.40. The highest BCUT2D eigenvalue weighted by molar-refractivity contribution is 6.33. The molecule has 0 aliphatic carbocycles. The molecular formula is C10H14ClNO2. The van der Waals surface area contributed by atoms with Crippen LogP contribution in [0.2, 0.25) is 5.02 Å². The van der Waals surface area contributed by atoms with Crippen LogP contribution in [0.3, 0.4) is 0 Å². The van der Waals surface area contributed by atoms with Crippen molar-refractivity contribution in [2.75, 3.05) is 20.8 Å². The molecule has 0 heterocycles. The van der Waals surface area contributed by atoms with Gasteiger partial charge < -0.3 is 15.2 Å². The molecular weight excluding hydrogens is 202 g/mol. The average molecular weight is 216 g/mol. The molecule has 14 heavy (non-hydrogen) atoms. The van der Waals surface area contributed by atoms with Gasteiger partial charge in [-0.05, 0) is 25.1 Å². The number of halogens is 1. The van der Waals surface area contributed by atoms with E-state index in [0.29, 0.717) is 23.7 Å². The van der Waals surface area contributed by atoms with Gasteiger partial charge in [-0.25, -0.2) is 0 Å². The van der Waals surface area contributed by atoms with Gasteiger partial charge in [0.05, 0.1) is 19.2 Å². The molecule has 1 rings (SSSR count). The predicted octanol–water partition coefficient (Wildman–Crippen LogP) is 1.86. The average Bonchev–Trinajstić information content (AvgIpc) is 2.21. The highest BCUT2D eigenvalue weighted by Crippen LogP contribution is 2.34. The van der Waals surface area contributed by atoms with Crippen molar-refractivity contribution in [3.63, 3.8) is 0 Å². The molecule has 2 N–H and O–H groups in total. The van der Waals surface area contributed by atoms with Gasteiger partial charge in [-0.2, -0.15) is 0 Å². The van der Waals surface area contributed by atoms with Crippen LogP contribution in [0.4, 0.5) is 0 Å². The fourth-order valence-electron chi connectivity index (χ4n) is 1.31. The SMILES string of the molecule is COc1ccc(OC)c(CCN)c1Cl. The van der Waals surface area contributed by atoms with Crippen LogP contribution in [-0.2, 0) is 6.42 Å². The normalized spacial score (nSPS) is 10.0. The Kier molecular flexibility index (Phi) is 4.04. The third-order valence-electron chi connectivity index (χ3n) is 2.00. The largest absolute Gasteiger partial charge is 0.496 e. The number of methoxy groups -OCH3 is 2. The quantitative estimate of drug-likeness (QED) is 0.834. The van der Waals surface area contributed by atoms with Gasteiger partial charge in [0.15, 0.2) is 0 Å². The molecule has 0 radical (unpaired) electrons. The molecule has 1 aromatic rings. The molecule has 78 valence electrons. The molecule has 0 amide bonds. The van der Waals surface area contributed by atoms with Crippen molar-refractivity contribution in [3.05, 3.63) is 22.7 Å². The van der Waals surface area contributed by atoms with Crippen LogP contribution in [0.25, 0.3) is 0 Å². The Morgan fingerprint density at radius 3 is 2.29 bits per heavy atom. The predicted molar refractivity (Wildman–Crippen MR) is 57.3 cm³/mol. The Morgan fingerprint density at radius 2 is 1.79 bits per heavy atom. The van der Waals surface area contributed by atoms with Crippen LogP contribution < -0.4 is 15.2 Å². The molecule has 0 saturated carbocycles. The molecule has 3 nitrogen and oxygen atoms in total. The van der Waals surface area contributed by atoms with Crippen LogP contribution in [0, 0.1) is 0 Å². The molecule has 0 saturated heterocycles. The Balaban J connectivity index is 3.16. The first kappa shape index (κ1) is 11.1. The summed E-state index contributed by atoms with van der Waals surface area (Å²) < 4.78 is 10.3. The summed E-state index contributed by atoms with van der Waals surface area (Å²) in [6.45, 7) is 0.531. The summed E-state index contributed by atoms with van der Waals surface area (Å²) in [7, 11) is 3.19. The lowest BCUT2D eigenvalue weighted by Crippen LogP contribution is -2.05. The minimum absolute atomic E-state index is 0.531. The second kappa shape index (κ2) is 5.08. The lowest BCUT2D eigenvalue weighted by molar-refractivity contribution is 0.399. The molecule has 0 fully saturated rings. The molecule has 1 aromatic carbocycles. The van der Waals surface area contributed by atoms with E-state index in [1.165, 1.54) is 0 Å². The lowest BCUT2D eigenvalue weighted by atomic mass is 10.1. The van der Waals surface area contributed by atoms with Gasteiger partial charge in [0, 0.05) is 5.56 Å². The summed E-state index contributed by atoms with van der Waals surface area (Å²) in [5, 5.41) is 0.581. The summed E-state index contributed by atoms with van der Waals surface area (Å²) in [5.41, 5.74) is 6.39. The van der Waals surface area contributed by atoms with Crippen LogP contribution >= 0.6 is 11.6 Å². The maximum Gasteiger partial charge on any atom is 0.138 e. The van der Waals surface area contributed by atoms with Gasteiger partial charge in [0.25, 0.3) is 0 Å². The summed E-state index contributed by atoms with van der Waals surface area (Å²) >= 11 is 6.11. The molecule has 4 heteroatoms. The second-order valence-corrected chi connectivity index (χ2v) is 3.18. The van der Waals surface area contributed by atoms with Crippen LogP contribution in [0.5, 0.6) is 11.5 Å². The van der Waals surface area contributed by atoms with E-state index in [4.69, 9.17) is 26.8 Å². The first-order valence-corrected chi connectivity index (χ1v) is 4.71. The number of hydrogen-bond acceptors (Lipinski definition) is 3. The minimum atomic E-state index is 0.531. The van der Waals surface area contributed by atoms with E-state index < -0.39 is 0 Å². The van der Waals surface area contributed by atoms with E-state index >= 15 is 0 Å².